The van der Waals surface area contributed by atoms with Crippen LogP contribution in [0.4, 0.5) is 8.78 Å². The van der Waals surface area contributed by atoms with Crippen LogP contribution in [-0.4, -0.2) is 42.7 Å². The first kappa shape index (κ1) is 19.5. The van der Waals surface area contributed by atoms with E-state index in [1.54, 1.807) is 60.3 Å². The van der Waals surface area contributed by atoms with Crippen molar-refractivity contribution in [1.82, 2.24) is 29.4 Å². The fourth-order valence-corrected chi connectivity index (χ4v) is 4.27. The van der Waals surface area contributed by atoms with Gasteiger partial charge in [0, 0.05) is 28.8 Å². The number of benzene rings is 1. The van der Waals surface area contributed by atoms with Crippen LogP contribution >= 0.6 is 7.14 Å². The van der Waals surface area contributed by atoms with Gasteiger partial charge in [-0.15, -0.1) is 5.10 Å². The van der Waals surface area contributed by atoms with E-state index in [4.69, 9.17) is 0 Å². The second kappa shape index (κ2) is 6.78. The lowest BCUT2D eigenvalue weighted by atomic mass is 10.2. The molecule has 1 aromatic carbocycles. The predicted octanol–water partition coefficient (Wildman–Crippen LogP) is 3.99. The second-order valence-electron chi connectivity index (χ2n) is 7.60. The van der Waals surface area contributed by atoms with Crippen LogP contribution in [0.3, 0.4) is 0 Å². The molecule has 0 N–H and O–H groups in total. The average molecular weight is 438 g/mol. The Labute approximate surface area is 175 Å². The van der Waals surface area contributed by atoms with Gasteiger partial charge in [0.2, 0.25) is 11.3 Å². The van der Waals surface area contributed by atoms with Crippen molar-refractivity contribution >= 4 is 29.3 Å². The Morgan fingerprint density at radius 3 is 2.71 bits per heavy atom. The van der Waals surface area contributed by atoms with Crippen molar-refractivity contribution < 1.29 is 13.3 Å². The topological polar surface area (TPSA) is 78.0 Å². The zero-order chi connectivity index (χ0) is 21.8. The molecule has 0 radical (unpaired) electrons. The molecule has 0 spiro atoms. The molecule has 5 aromatic rings. The van der Waals surface area contributed by atoms with E-state index in [0.29, 0.717) is 21.2 Å². The molecule has 0 saturated heterocycles. The van der Waals surface area contributed by atoms with Gasteiger partial charge in [0.15, 0.2) is 0 Å². The number of nitrogens with zero attached hydrogens (tertiary/aromatic N) is 6. The third-order valence-corrected chi connectivity index (χ3v) is 6.59. The maximum atomic E-state index is 15.4. The predicted molar refractivity (Wildman–Crippen MR) is 114 cm³/mol. The number of halogens is 2. The fourth-order valence-electron chi connectivity index (χ4n) is 3.38. The molecule has 10 heteroatoms. The molecule has 0 aliphatic rings. The van der Waals surface area contributed by atoms with Gasteiger partial charge in [0.05, 0.1) is 17.5 Å². The van der Waals surface area contributed by atoms with Gasteiger partial charge in [-0.3, -0.25) is 0 Å². The molecule has 0 aliphatic heterocycles. The summed E-state index contributed by atoms with van der Waals surface area (Å²) in [4.78, 5) is 8.53. The molecular weight excluding hydrogens is 421 g/mol. The van der Waals surface area contributed by atoms with Gasteiger partial charge in [-0.2, -0.15) is 13.5 Å². The minimum atomic E-state index is -3.50. The highest BCUT2D eigenvalue weighted by molar-refractivity contribution is 7.70. The van der Waals surface area contributed by atoms with Gasteiger partial charge in [-0.1, -0.05) is 23.4 Å². The smallest absolute Gasteiger partial charge is 0.323 e. The van der Waals surface area contributed by atoms with Crippen molar-refractivity contribution in [3.63, 3.8) is 0 Å². The van der Waals surface area contributed by atoms with E-state index in [1.165, 1.54) is 18.5 Å². The standard InChI is InChI=1S/C21H17F2N6OP/c1-31(2,30)17-7-3-5-14(11-17)18-12-24-19-20(25-18)29(27-26-19)21(22,23)15-8-9-16-6-4-10-28(16)13-15/h3-13H,1-2H3. The highest BCUT2D eigenvalue weighted by atomic mass is 31.2. The van der Waals surface area contributed by atoms with E-state index in [2.05, 4.69) is 20.3 Å². The van der Waals surface area contributed by atoms with Crippen LogP contribution in [-0.2, 0) is 10.6 Å². The fraction of sp³-hybridized carbons (Fsp3) is 0.143. The van der Waals surface area contributed by atoms with E-state index in [1.807, 2.05) is 6.07 Å². The van der Waals surface area contributed by atoms with Crippen LogP contribution in [0.15, 0.2) is 67.1 Å². The number of fused-ring (bicyclic) bond motifs is 2. The summed E-state index contributed by atoms with van der Waals surface area (Å²) in [6.07, 6.45) is 4.49. The van der Waals surface area contributed by atoms with Crippen LogP contribution in [0, 0.1) is 0 Å². The molecule has 0 amide bonds. The van der Waals surface area contributed by atoms with Crippen LogP contribution in [0.25, 0.3) is 28.1 Å². The number of alkyl halides is 2. The Balaban J connectivity index is 1.63. The highest BCUT2D eigenvalue weighted by Gasteiger charge is 2.38. The SMILES string of the molecule is CP(C)(=O)c1cccc(-c2cnc3nnn(C(F)(F)c4ccc5cccn5c4)c3n2)c1. The second-order valence-corrected chi connectivity index (χ2v) is 10.8. The lowest BCUT2D eigenvalue weighted by Crippen LogP contribution is -2.26. The summed E-state index contributed by atoms with van der Waals surface area (Å²) < 4.78 is 45.3. The zero-order valence-corrected chi connectivity index (χ0v) is 17.5. The van der Waals surface area contributed by atoms with E-state index in [9.17, 15) is 4.57 Å². The molecule has 31 heavy (non-hydrogen) atoms. The largest absolute Gasteiger partial charge is 0.375 e. The Morgan fingerprint density at radius 2 is 1.90 bits per heavy atom. The summed E-state index contributed by atoms with van der Waals surface area (Å²) in [5.74, 6) is 0. The van der Waals surface area contributed by atoms with Crippen LogP contribution in [0.2, 0.25) is 0 Å². The Hall–Kier alpha value is -3.45. The van der Waals surface area contributed by atoms with Gasteiger partial charge in [-0.05, 0) is 43.7 Å². The zero-order valence-electron chi connectivity index (χ0n) is 16.6. The van der Waals surface area contributed by atoms with Crippen molar-refractivity contribution in [2.24, 2.45) is 0 Å². The van der Waals surface area contributed by atoms with E-state index in [0.717, 1.165) is 5.52 Å². The van der Waals surface area contributed by atoms with Crippen LogP contribution in [0.5, 0.6) is 0 Å². The minimum absolute atomic E-state index is 0.0123. The Bertz CT molecular complexity index is 1490. The highest BCUT2D eigenvalue weighted by Crippen LogP contribution is 2.36. The van der Waals surface area contributed by atoms with Crippen molar-refractivity contribution in [2.75, 3.05) is 13.3 Å². The molecule has 5 rings (SSSR count). The maximum absolute atomic E-state index is 15.4. The van der Waals surface area contributed by atoms with Gasteiger partial charge >= 0.3 is 6.05 Å². The van der Waals surface area contributed by atoms with Gasteiger partial charge in [0.25, 0.3) is 0 Å². The molecule has 0 unspecified atom stereocenters. The number of rotatable bonds is 4. The molecule has 0 fully saturated rings. The van der Waals surface area contributed by atoms with Crippen LogP contribution in [0.1, 0.15) is 5.56 Å². The van der Waals surface area contributed by atoms with Crippen molar-refractivity contribution in [2.45, 2.75) is 6.05 Å². The van der Waals surface area contributed by atoms with E-state index >= 15 is 8.78 Å². The lowest BCUT2D eigenvalue weighted by Gasteiger charge is -2.17. The van der Waals surface area contributed by atoms with Gasteiger partial charge in [-0.25, -0.2) is 9.97 Å². The molecule has 0 atom stereocenters. The number of pyridine rings is 1. The normalized spacial score (nSPS) is 12.6. The Morgan fingerprint density at radius 1 is 1.06 bits per heavy atom. The molecule has 156 valence electrons. The summed E-state index contributed by atoms with van der Waals surface area (Å²) in [6, 6.07) is 10.1. The molecule has 7 nitrogen and oxygen atoms in total. The monoisotopic (exact) mass is 438 g/mol. The van der Waals surface area contributed by atoms with Crippen LogP contribution < -0.4 is 5.30 Å². The third kappa shape index (κ3) is 3.31. The van der Waals surface area contributed by atoms with Gasteiger partial charge < -0.3 is 8.97 Å². The average Bonchev–Trinajstić information content (AvgIpc) is 3.39. The summed E-state index contributed by atoms with van der Waals surface area (Å²) in [5, 5.41) is 8.07. The first-order chi connectivity index (χ1) is 14.7. The number of hydrogen-bond acceptors (Lipinski definition) is 5. The molecule has 4 aromatic heterocycles. The Kier molecular flexibility index (Phi) is 4.27. The molecule has 4 heterocycles. The summed E-state index contributed by atoms with van der Waals surface area (Å²) >= 11 is 0. The molecule has 0 aliphatic carbocycles. The van der Waals surface area contributed by atoms with E-state index < -0.39 is 13.2 Å². The summed E-state index contributed by atoms with van der Waals surface area (Å²) in [6.45, 7) is 3.34. The number of hydrogen-bond donors (Lipinski definition) is 0. The number of aromatic nitrogens is 6. The lowest BCUT2D eigenvalue weighted by molar-refractivity contribution is -0.0463. The van der Waals surface area contributed by atoms with Crippen molar-refractivity contribution in [3.05, 3.63) is 72.7 Å². The first-order valence-corrected chi connectivity index (χ1v) is 12.0. The summed E-state index contributed by atoms with van der Waals surface area (Å²) in [7, 11) is -2.49. The van der Waals surface area contributed by atoms with Crippen molar-refractivity contribution in [1.29, 1.82) is 0 Å². The molecule has 0 bridgehead atoms. The quantitative estimate of drug-likeness (QED) is 0.397. The van der Waals surface area contributed by atoms with Crippen molar-refractivity contribution in [3.8, 4) is 11.3 Å². The molecule has 0 saturated carbocycles. The van der Waals surface area contributed by atoms with E-state index in [-0.39, 0.29) is 16.9 Å². The first-order valence-electron chi connectivity index (χ1n) is 9.43. The third-order valence-electron chi connectivity index (χ3n) is 5.07. The minimum Gasteiger partial charge on any atom is -0.323 e. The maximum Gasteiger partial charge on any atom is 0.375 e. The summed E-state index contributed by atoms with van der Waals surface area (Å²) in [5.41, 5.74) is 1.41. The molecular formula is C21H17F2N6OP. The van der Waals surface area contributed by atoms with Gasteiger partial charge in [0.1, 0.15) is 7.14 Å².